The minimum atomic E-state index is -3.19. The Morgan fingerprint density at radius 1 is 1.29 bits per heavy atom. The molecule has 21 heavy (non-hydrogen) atoms. The summed E-state index contributed by atoms with van der Waals surface area (Å²) in [6.07, 6.45) is 2.59. The van der Waals surface area contributed by atoms with Crippen LogP contribution in [0.4, 0.5) is 0 Å². The van der Waals surface area contributed by atoms with Crippen molar-refractivity contribution in [3.05, 3.63) is 47.9 Å². The molecule has 2 rings (SSSR count). The fourth-order valence-electron chi connectivity index (χ4n) is 1.66. The summed E-state index contributed by atoms with van der Waals surface area (Å²) in [5.41, 5.74) is 2.74. The van der Waals surface area contributed by atoms with E-state index < -0.39 is 15.7 Å². The molecule has 3 N–H and O–H groups in total. The zero-order valence-corrected chi connectivity index (χ0v) is 12.8. The van der Waals surface area contributed by atoms with Gasteiger partial charge in [-0.1, -0.05) is 0 Å². The molecule has 0 bridgehead atoms. The number of thioether (sulfide) groups is 1. The number of rotatable bonds is 5. The van der Waals surface area contributed by atoms with Gasteiger partial charge in [-0.25, -0.2) is 14.3 Å². The number of hydrogen-bond donors (Lipinski definition) is 2. The van der Waals surface area contributed by atoms with Crippen molar-refractivity contribution < 1.29 is 17.6 Å². The van der Waals surface area contributed by atoms with Crippen LogP contribution in [0.25, 0.3) is 0 Å². The van der Waals surface area contributed by atoms with Crippen LogP contribution in [0.5, 0.6) is 0 Å². The van der Waals surface area contributed by atoms with Gasteiger partial charge >= 0.3 is 5.91 Å². The van der Waals surface area contributed by atoms with Crippen LogP contribution >= 0.6 is 11.8 Å². The molecule has 6 nitrogen and oxygen atoms in total. The van der Waals surface area contributed by atoms with Gasteiger partial charge in [-0.15, -0.1) is 11.8 Å². The van der Waals surface area contributed by atoms with E-state index >= 15 is 0 Å². The molecule has 2 aromatic rings. The van der Waals surface area contributed by atoms with Gasteiger partial charge in [0.1, 0.15) is 0 Å². The second-order valence-corrected chi connectivity index (χ2v) is 7.35. The summed E-state index contributed by atoms with van der Waals surface area (Å²) in [5, 5.41) is 0. The molecule has 0 aliphatic carbocycles. The summed E-state index contributed by atoms with van der Waals surface area (Å²) in [6.45, 7) is 0. The number of carbonyl (C=O) groups excluding carboxylic acids is 1. The second kappa shape index (κ2) is 6.33. The van der Waals surface area contributed by atoms with Crippen LogP contribution in [0.1, 0.15) is 16.1 Å². The molecule has 0 radical (unpaired) electrons. The fraction of sp³-hybridized carbons (Fsp3) is 0.154. The standard InChI is InChI=1S/C13H14N2O4S2/c1-21(17,18)11-4-2-10(3-5-11)20-8-9-6-7-19-12(9)13(16)15-14/h2-7H,8,14H2,1H3,(H,15,16). The molecule has 0 aliphatic rings. The zero-order chi connectivity index (χ0) is 15.5. The summed E-state index contributed by atoms with van der Waals surface area (Å²) < 4.78 is 27.8. The lowest BCUT2D eigenvalue weighted by atomic mass is 10.3. The molecule has 8 heteroatoms. The number of carbonyl (C=O) groups is 1. The molecule has 1 aromatic carbocycles. The number of benzene rings is 1. The molecule has 0 spiro atoms. The highest BCUT2D eigenvalue weighted by molar-refractivity contribution is 7.98. The monoisotopic (exact) mass is 326 g/mol. The molecule has 0 unspecified atom stereocenters. The number of hydrogen-bond acceptors (Lipinski definition) is 6. The van der Waals surface area contributed by atoms with E-state index in [4.69, 9.17) is 10.3 Å². The maximum absolute atomic E-state index is 11.5. The minimum Gasteiger partial charge on any atom is -0.459 e. The lowest BCUT2D eigenvalue weighted by molar-refractivity contribution is 0.0925. The van der Waals surface area contributed by atoms with E-state index in [1.807, 2.05) is 5.43 Å². The van der Waals surface area contributed by atoms with E-state index in [9.17, 15) is 13.2 Å². The van der Waals surface area contributed by atoms with Crippen molar-refractivity contribution in [1.29, 1.82) is 0 Å². The van der Waals surface area contributed by atoms with Gasteiger partial charge in [0.05, 0.1) is 11.2 Å². The Morgan fingerprint density at radius 3 is 2.52 bits per heavy atom. The molecule has 112 valence electrons. The molecule has 1 heterocycles. The molecule has 1 aromatic heterocycles. The second-order valence-electron chi connectivity index (χ2n) is 4.28. The quantitative estimate of drug-likeness (QED) is 0.374. The normalized spacial score (nSPS) is 11.3. The topological polar surface area (TPSA) is 102 Å². The van der Waals surface area contributed by atoms with Gasteiger partial charge in [0.2, 0.25) is 0 Å². The summed E-state index contributed by atoms with van der Waals surface area (Å²) in [6, 6.07) is 8.26. The molecule has 0 aliphatic heterocycles. The highest BCUT2D eigenvalue weighted by Crippen LogP contribution is 2.26. The summed E-state index contributed by atoms with van der Waals surface area (Å²) in [4.78, 5) is 12.6. The average molecular weight is 326 g/mol. The molecule has 0 saturated carbocycles. The van der Waals surface area contributed by atoms with Gasteiger partial charge in [0, 0.05) is 22.5 Å². The van der Waals surface area contributed by atoms with Gasteiger partial charge in [0.15, 0.2) is 15.6 Å². The third kappa shape index (κ3) is 3.87. The van der Waals surface area contributed by atoms with Gasteiger partial charge < -0.3 is 4.42 Å². The summed E-state index contributed by atoms with van der Waals surface area (Å²) in [5.74, 6) is 5.28. The number of nitrogens with two attached hydrogens (primary N) is 1. The highest BCUT2D eigenvalue weighted by atomic mass is 32.2. The van der Waals surface area contributed by atoms with Crippen LogP contribution in [0, 0.1) is 0 Å². The van der Waals surface area contributed by atoms with Crippen molar-refractivity contribution in [3.63, 3.8) is 0 Å². The first kappa shape index (κ1) is 15.6. The number of sulfone groups is 1. The molecule has 0 saturated heterocycles. The number of nitrogen functional groups attached to an aromatic ring is 1. The Labute approximate surface area is 126 Å². The summed E-state index contributed by atoms with van der Waals surface area (Å²) in [7, 11) is -3.19. The van der Waals surface area contributed by atoms with Crippen molar-refractivity contribution in [2.45, 2.75) is 15.5 Å². The maximum Gasteiger partial charge on any atom is 0.301 e. The molecule has 0 atom stereocenters. The van der Waals surface area contributed by atoms with Crippen molar-refractivity contribution in [2.75, 3.05) is 6.26 Å². The van der Waals surface area contributed by atoms with Crippen LogP contribution in [-0.4, -0.2) is 20.6 Å². The van der Waals surface area contributed by atoms with Crippen molar-refractivity contribution in [2.24, 2.45) is 5.84 Å². The van der Waals surface area contributed by atoms with Gasteiger partial charge in [-0.2, -0.15) is 0 Å². The Kier molecular flexibility index (Phi) is 4.71. The van der Waals surface area contributed by atoms with Crippen LogP contribution in [0.3, 0.4) is 0 Å². The van der Waals surface area contributed by atoms with Crippen molar-refractivity contribution in [3.8, 4) is 0 Å². The van der Waals surface area contributed by atoms with E-state index in [2.05, 4.69) is 0 Å². The Hall–Kier alpha value is -1.77. The number of hydrazine groups is 1. The SMILES string of the molecule is CS(=O)(=O)c1ccc(SCc2ccoc2C(=O)NN)cc1. The molecular formula is C13H14N2O4S2. The Balaban J connectivity index is 2.07. The third-order valence-corrected chi connectivity index (χ3v) is 4.92. The first-order valence-electron chi connectivity index (χ1n) is 5.92. The molecule has 1 amide bonds. The van der Waals surface area contributed by atoms with Gasteiger partial charge in [-0.3, -0.25) is 10.2 Å². The number of furan rings is 1. The van der Waals surface area contributed by atoms with Gasteiger partial charge in [-0.05, 0) is 30.3 Å². The minimum absolute atomic E-state index is 0.178. The highest BCUT2D eigenvalue weighted by Gasteiger charge is 2.14. The molecule has 0 fully saturated rings. The maximum atomic E-state index is 11.5. The first-order chi connectivity index (χ1) is 9.91. The van der Waals surface area contributed by atoms with Crippen LogP contribution in [-0.2, 0) is 15.6 Å². The largest absolute Gasteiger partial charge is 0.459 e. The predicted molar refractivity (Wildman–Crippen MR) is 79.5 cm³/mol. The smallest absolute Gasteiger partial charge is 0.301 e. The molecular weight excluding hydrogens is 312 g/mol. The Morgan fingerprint density at radius 2 is 1.95 bits per heavy atom. The average Bonchev–Trinajstić information content (AvgIpc) is 2.92. The predicted octanol–water partition coefficient (Wildman–Crippen LogP) is 1.58. The third-order valence-electron chi connectivity index (χ3n) is 2.73. The van der Waals surface area contributed by atoms with Gasteiger partial charge in [0.25, 0.3) is 0 Å². The lowest BCUT2D eigenvalue weighted by Gasteiger charge is -2.03. The van der Waals surface area contributed by atoms with E-state index in [0.29, 0.717) is 5.75 Å². The van der Waals surface area contributed by atoms with Crippen LogP contribution in [0.15, 0.2) is 50.8 Å². The zero-order valence-electron chi connectivity index (χ0n) is 11.2. The van der Waals surface area contributed by atoms with Crippen molar-refractivity contribution in [1.82, 2.24) is 5.43 Å². The van der Waals surface area contributed by atoms with E-state index in [-0.39, 0.29) is 10.7 Å². The van der Waals surface area contributed by atoms with Crippen LogP contribution < -0.4 is 11.3 Å². The van der Waals surface area contributed by atoms with Crippen LogP contribution in [0.2, 0.25) is 0 Å². The Bertz CT molecular complexity index is 736. The van der Waals surface area contributed by atoms with E-state index in [1.54, 1.807) is 30.3 Å². The van der Waals surface area contributed by atoms with E-state index in [1.165, 1.54) is 24.3 Å². The van der Waals surface area contributed by atoms with Crippen molar-refractivity contribution >= 4 is 27.5 Å². The summed E-state index contributed by atoms with van der Waals surface area (Å²) >= 11 is 1.46. The first-order valence-corrected chi connectivity index (χ1v) is 8.80. The van der Waals surface area contributed by atoms with E-state index in [0.717, 1.165) is 10.5 Å². The fourth-order valence-corrected chi connectivity index (χ4v) is 3.17. The number of nitrogens with one attached hydrogen (secondary N) is 1. The number of amides is 1. The lowest BCUT2D eigenvalue weighted by Crippen LogP contribution is -2.30.